The molecular formula is C16H20FNO3. The Hall–Kier alpha value is -1.62. The van der Waals surface area contributed by atoms with Gasteiger partial charge in [-0.1, -0.05) is 0 Å². The predicted molar refractivity (Wildman–Crippen MR) is 75.8 cm³/mol. The highest BCUT2D eigenvalue weighted by atomic mass is 19.1. The highest BCUT2D eigenvalue weighted by Gasteiger charge is 2.46. The first-order chi connectivity index (χ1) is 10.1. The summed E-state index contributed by atoms with van der Waals surface area (Å²) in [5.74, 6) is -0.503. The zero-order valence-corrected chi connectivity index (χ0v) is 11.8. The molecule has 0 aliphatic heterocycles. The molecule has 2 atom stereocenters. The molecule has 1 aromatic rings. The number of benzene rings is 1. The van der Waals surface area contributed by atoms with Gasteiger partial charge < -0.3 is 9.84 Å². The van der Waals surface area contributed by atoms with Gasteiger partial charge in [0.05, 0.1) is 0 Å². The molecule has 0 amide bonds. The van der Waals surface area contributed by atoms with Gasteiger partial charge in [-0.05, 0) is 56.4 Å². The standard InChI is InChI=1S/C16H20FNO3/c17-11-3-7-13(8-4-11)21-14-2-1-9-16(10-14,15(19)20)18-12-5-6-12/h3-4,7-8,12,14,18H,1-2,5-6,9-10H2,(H,19,20). The molecule has 0 saturated heterocycles. The number of ether oxygens (including phenoxy) is 1. The average Bonchev–Trinajstić information content (AvgIpc) is 3.25. The van der Waals surface area contributed by atoms with Crippen LogP contribution in [-0.4, -0.2) is 28.8 Å². The molecule has 5 heteroatoms. The number of rotatable bonds is 5. The fourth-order valence-electron chi connectivity index (χ4n) is 3.04. The average molecular weight is 293 g/mol. The summed E-state index contributed by atoms with van der Waals surface area (Å²) in [5, 5.41) is 12.9. The van der Waals surface area contributed by atoms with Crippen molar-refractivity contribution in [3.05, 3.63) is 30.1 Å². The normalized spacial score (nSPS) is 29.1. The van der Waals surface area contributed by atoms with Crippen LogP contribution >= 0.6 is 0 Å². The van der Waals surface area contributed by atoms with Crippen LogP contribution in [0.4, 0.5) is 4.39 Å². The van der Waals surface area contributed by atoms with Gasteiger partial charge in [-0.3, -0.25) is 10.1 Å². The van der Waals surface area contributed by atoms with E-state index in [-0.39, 0.29) is 11.9 Å². The Morgan fingerprint density at radius 3 is 2.62 bits per heavy atom. The van der Waals surface area contributed by atoms with Crippen LogP contribution in [-0.2, 0) is 4.79 Å². The second kappa shape index (κ2) is 5.64. The molecule has 0 bridgehead atoms. The maximum atomic E-state index is 12.9. The van der Waals surface area contributed by atoms with E-state index in [0.717, 1.165) is 25.7 Å². The Bertz CT molecular complexity index is 515. The van der Waals surface area contributed by atoms with Crippen molar-refractivity contribution in [3.8, 4) is 5.75 Å². The number of carbonyl (C=O) groups is 1. The van der Waals surface area contributed by atoms with Crippen LogP contribution in [0.2, 0.25) is 0 Å². The van der Waals surface area contributed by atoms with Crippen LogP contribution in [0.3, 0.4) is 0 Å². The van der Waals surface area contributed by atoms with Crippen molar-refractivity contribution in [2.75, 3.05) is 0 Å². The molecule has 2 fully saturated rings. The van der Waals surface area contributed by atoms with Gasteiger partial charge in [0.2, 0.25) is 0 Å². The van der Waals surface area contributed by atoms with Crippen molar-refractivity contribution >= 4 is 5.97 Å². The lowest BCUT2D eigenvalue weighted by atomic mass is 9.80. The first-order valence-electron chi connectivity index (χ1n) is 7.51. The second-order valence-corrected chi connectivity index (χ2v) is 6.10. The third kappa shape index (κ3) is 3.35. The number of hydrogen-bond acceptors (Lipinski definition) is 3. The lowest BCUT2D eigenvalue weighted by Gasteiger charge is -2.38. The van der Waals surface area contributed by atoms with Crippen molar-refractivity contribution in [3.63, 3.8) is 0 Å². The van der Waals surface area contributed by atoms with Crippen LogP contribution in [0.5, 0.6) is 5.75 Å². The Balaban J connectivity index is 1.68. The molecule has 2 saturated carbocycles. The summed E-state index contributed by atoms with van der Waals surface area (Å²) in [6, 6.07) is 6.21. The molecule has 3 rings (SSSR count). The zero-order valence-electron chi connectivity index (χ0n) is 11.8. The molecule has 21 heavy (non-hydrogen) atoms. The first-order valence-corrected chi connectivity index (χ1v) is 7.51. The molecule has 4 nitrogen and oxygen atoms in total. The molecule has 0 aromatic heterocycles. The minimum atomic E-state index is -0.871. The topological polar surface area (TPSA) is 58.6 Å². The maximum absolute atomic E-state index is 12.9. The highest BCUT2D eigenvalue weighted by molar-refractivity contribution is 5.79. The van der Waals surface area contributed by atoms with E-state index < -0.39 is 11.5 Å². The molecule has 0 heterocycles. The largest absolute Gasteiger partial charge is 0.490 e. The monoisotopic (exact) mass is 293 g/mol. The Morgan fingerprint density at radius 1 is 1.29 bits per heavy atom. The van der Waals surface area contributed by atoms with Crippen molar-refractivity contribution in [1.29, 1.82) is 0 Å². The van der Waals surface area contributed by atoms with Gasteiger partial charge >= 0.3 is 5.97 Å². The molecule has 0 spiro atoms. The summed E-state index contributed by atoms with van der Waals surface area (Å²) < 4.78 is 18.7. The summed E-state index contributed by atoms with van der Waals surface area (Å²) in [4.78, 5) is 11.7. The number of carboxylic acid groups (broad SMARTS) is 1. The van der Waals surface area contributed by atoms with Gasteiger partial charge in [0.1, 0.15) is 23.2 Å². The van der Waals surface area contributed by atoms with Gasteiger partial charge in [0.15, 0.2) is 0 Å². The van der Waals surface area contributed by atoms with Gasteiger partial charge in [0.25, 0.3) is 0 Å². The lowest BCUT2D eigenvalue weighted by Crippen LogP contribution is -2.57. The van der Waals surface area contributed by atoms with Crippen LogP contribution < -0.4 is 10.1 Å². The van der Waals surface area contributed by atoms with Crippen molar-refractivity contribution in [2.24, 2.45) is 0 Å². The van der Waals surface area contributed by atoms with E-state index in [1.807, 2.05) is 0 Å². The van der Waals surface area contributed by atoms with Crippen LogP contribution in [0.1, 0.15) is 38.5 Å². The Labute approximate surface area is 123 Å². The SMILES string of the molecule is O=C(O)C1(NC2CC2)CCCC(Oc2ccc(F)cc2)C1. The zero-order chi connectivity index (χ0) is 14.9. The third-order valence-electron chi connectivity index (χ3n) is 4.29. The number of hydrogen-bond donors (Lipinski definition) is 2. The Morgan fingerprint density at radius 2 is 2.00 bits per heavy atom. The van der Waals surface area contributed by atoms with E-state index in [1.165, 1.54) is 12.1 Å². The van der Waals surface area contributed by atoms with Crippen LogP contribution in [0, 0.1) is 5.82 Å². The van der Waals surface area contributed by atoms with Crippen molar-refractivity contribution in [2.45, 2.75) is 56.2 Å². The molecule has 114 valence electrons. The van der Waals surface area contributed by atoms with E-state index in [9.17, 15) is 14.3 Å². The molecule has 2 aliphatic rings. The summed E-state index contributed by atoms with van der Waals surface area (Å²) in [5.41, 5.74) is -0.871. The molecular weight excluding hydrogens is 273 g/mol. The summed E-state index contributed by atoms with van der Waals surface area (Å²) >= 11 is 0. The summed E-state index contributed by atoms with van der Waals surface area (Å²) in [6.07, 6.45) is 4.71. The predicted octanol–water partition coefficient (Wildman–Crippen LogP) is 2.72. The number of aliphatic carboxylic acids is 1. The fourth-order valence-corrected chi connectivity index (χ4v) is 3.04. The van der Waals surface area contributed by atoms with E-state index >= 15 is 0 Å². The molecule has 2 unspecified atom stereocenters. The smallest absolute Gasteiger partial charge is 0.324 e. The van der Waals surface area contributed by atoms with Gasteiger partial charge in [-0.2, -0.15) is 0 Å². The molecule has 1 aromatic carbocycles. The first kappa shape index (κ1) is 14.3. The Kier molecular flexibility index (Phi) is 3.85. The van der Waals surface area contributed by atoms with Gasteiger partial charge in [0, 0.05) is 12.5 Å². The van der Waals surface area contributed by atoms with E-state index in [0.29, 0.717) is 24.6 Å². The molecule has 2 N–H and O–H groups in total. The van der Waals surface area contributed by atoms with E-state index in [2.05, 4.69) is 5.32 Å². The highest BCUT2D eigenvalue weighted by Crippen LogP contribution is 2.34. The fraction of sp³-hybridized carbons (Fsp3) is 0.562. The number of nitrogens with one attached hydrogen (secondary N) is 1. The maximum Gasteiger partial charge on any atom is 0.324 e. The second-order valence-electron chi connectivity index (χ2n) is 6.10. The van der Waals surface area contributed by atoms with Gasteiger partial charge in [-0.25, -0.2) is 4.39 Å². The van der Waals surface area contributed by atoms with Crippen molar-refractivity contribution in [1.82, 2.24) is 5.32 Å². The minimum absolute atomic E-state index is 0.147. The minimum Gasteiger partial charge on any atom is -0.490 e. The van der Waals surface area contributed by atoms with Crippen LogP contribution in [0.25, 0.3) is 0 Å². The molecule has 0 radical (unpaired) electrons. The molecule has 2 aliphatic carbocycles. The van der Waals surface area contributed by atoms with Crippen molar-refractivity contribution < 1.29 is 19.0 Å². The lowest BCUT2D eigenvalue weighted by molar-refractivity contribution is -0.148. The quantitative estimate of drug-likeness (QED) is 0.876. The van der Waals surface area contributed by atoms with Gasteiger partial charge in [-0.15, -0.1) is 0 Å². The number of carboxylic acids is 1. The third-order valence-corrected chi connectivity index (χ3v) is 4.29. The van der Waals surface area contributed by atoms with Crippen LogP contribution in [0.15, 0.2) is 24.3 Å². The van der Waals surface area contributed by atoms with E-state index in [4.69, 9.17) is 4.74 Å². The summed E-state index contributed by atoms with van der Waals surface area (Å²) in [7, 11) is 0. The summed E-state index contributed by atoms with van der Waals surface area (Å²) in [6.45, 7) is 0. The van der Waals surface area contributed by atoms with E-state index in [1.54, 1.807) is 12.1 Å². The number of halogens is 1.